The van der Waals surface area contributed by atoms with Gasteiger partial charge in [0.1, 0.15) is 23.0 Å². The summed E-state index contributed by atoms with van der Waals surface area (Å²) in [6, 6.07) is 10.8. The molecule has 12 heteroatoms. The van der Waals surface area contributed by atoms with Crippen LogP contribution >= 0.6 is 34.8 Å². The van der Waals surface area contributed by atoms with Crippen LogP contribution in [0.25, 0.3) is 11.3 Å². The first-order valence-electron chi connectivity index (χ1n) is 12.1. The van der Waals surface area contributed by atoms with Crippen LogP contribution in [0.2, 0.25) is 15.1 Å². The molecule has 3 aromatic rings. The number of nitrogens with zero attached hydrogens (tertiary/aromatic N) is 2. The molecular weight excluding hydrogens is 563 g/mol. The normalized spacial score (nSPS) is 17.1. The number of hydrogen-bond donors (Lipinski definition) is 4. The molecule has 2 unspecified atom stereocenters. The molecule has 1 saturated heterocycles. The number of halogens is 3. The van der Waals surface area contributed by atoms with Crippen molar-refractivity contribution in [3.8, 4) is 22.8 Å². The van der Waals surface area contributed by atoms with Crippen LogP contribution in [0.3, 0.4) is 0 Å². The van der Waals surface area contributed by atoms with Crippen LogP contribution in [0.4, 0.5) is 17.2 Å². The third-order valence-corrected chi connectivity index (χ3v) is 7.44. The summed E-state index contributed by atoms with van der Waals surface area (Å²) in [7, 11) is 2.93. The van der Waals surface area contributed by atoms with Gasteiger partial charge in [0.25, 0.3) is 5.91 Å². The predicted molar refractivity (Wildman–Crippen MR) is 158 cm³/mol. The van der Waals surface area contributed by atoms with Gasteiger partial charge in [-0.05, 0) is 44.2 Å². The van der Waals surface area contributed by atoms with E-state index in [1.165, 1.54) is 20.3 Å². The Morgan fingerprint density at radius 3 is 2.21 bits per heavy atom. The lowest BCUT2D eigenvalue weighted by molar-refractivity contribution is -0.110. The Balaban J connectivity index is 1.54. The van der Waals surface area contributed by atoms with E-state index in [2.05, 4.69) is 34.4 Å². The molecule has 206 valence electrons. The van der Waals surface area contributed by atoms with Gasteiger partial charge in [-0.1, -0.05) is 34.8 Å². The van der Waals surface area contributed by atoms with Gasteiger partial charge >= 0.3 is 0 Å². The molecule has 1 fully saturated rings. The Bertz CT molecular complexity index is 1400. The summed E-state index contributed by atoms with van der Waals surface area (Å²) in [6.45, 7) is 5.96. The van der Waals surface area contributed by atoms with Crippen LogP contribution < -0.4 is 30.7 Å². The summed E-state index contributed by atoms with van der Waals surface area (Å²) in [5, 5.41) is 15.4. The molecule has 0 aliphatic carbocycles. The Labute approximate surface area is 242 Å². The van der Waals surface area contributed by atoms with E-state index in [9.17, 15) is 4.79 Å². The molecule has 1 amide bonds. The van der Waals surface area contributed by atoms with Gasteiger partial charge in [-0.15, -0.1) is 0 Å². The second-order valence-electron chi connectivity index (χ2n) is 9.28. The maximum atomic E-state index is 12.9. The highest BCUT2D eigenvalue weighted by molar-refractivity contribution is 6.49. The number of nitrogens with one attached hydrogen (secondary N) is 3. The molecule has 2 aromatic carbocycles. The number of benzene rings is 2. The molecule has 5 N–H and O–H groups in total. The van der Waals surface area contributed by atoms with Crippen molar-refractivity contribution >= 4 is 63.6 Å². The highest BCUT2D eigenvalue weighted by Crippen LogP contribution is 2.45. The van der Waals surface area contributed by atoms with Crippen molar-refractivity contribution in [3.05, 3.63) is 57.0 Å². The molecule has 1 aromatic heterocycles. The molecule has 2 heterocycles. The number of methoxy groups -OCH3 is 2. The lowest BCUT2D eigenvalue weighted by atomic mass is 10.1. The monoisotopic (exact) mass is 590 g/mol. The predicted octanol–water partition coefficient (Wildman–Crippen LogP) is 5.50. The molecule has 0 saturated carbocycles. The quantitative estimate of drug-likeness (QED) is 0.267. The SMILES string of the molecule is COc1cc(OC)c(Cl)c(-c2ccc(C(=N)C(=O)Nc3ccc(N4CC(C)NC(C)C4)cc3Cl)c(N)n2)c1Cl. The lowest BCUT2D eigenvalue weighted by Crippen LogP contribution is -2.54. The molecular formula is C27H29Cl3N6O3. The van der Waals surface area contributed by atoms with Crippen LogP contribution in [0, 0.1) is 5.41 Å². The van der Waals surface area contributed by atoms with Crippen LogP contribution in [-0.2, 0) is 4.79 Å². The number of ether oxygens (including phenoxy) is 2. The number of amides is 1. The minimum absolute atomic E-state index is 0.0510. The number of carbonyl (C=O) groups is 1. The average Bonchev–Trinajstić information content (AvgIpc) is 2.89. The van der Waals surface area contributed by atoms with E-state index >= 15 is 0 Å². The molecule has 1 aliphatic rings. The smallest absolute Gasteiger partial charge is 0.274 e. The summed E-state index contributed by atoms with van der Waals surface area (Å²) in [5.74, 6) is -0.0545. The van der Waals surface area contributed by atoms with Crippen molar-refractivity contribution in [1.82, 2.24) is 10.3 Å². The molecule has 1 aliphatic heterocycles. The van der Waals surface area contributed by atoms with Gasteiger partial charge in [-0.2, -0.15) is 0 Å². The van der Waals surface area contributed by atoms with E-state index < -0.39 is 5.91 Å². The van der Waals surface area contributed by atoms with E-state index in [0.29, 0.717) is 45.6 Å². The third-order valence-electron chi connectivity index (χ3n) is 6.37. The van der Waals surface area contributed by atoms with Crippen LogP contribution in [0.1, 0.15) is 19.4 Å². The summed E-state index contributed by atoms with van der Waals surface area (Å²) in [4.78, 5) is 19.6. The first kappa shape index (κ1) is 28.8. The van der Waals surface area contributed by atoms with Gasteiger partial charge in [0, 0.05) is 48.1 Å². The second kappa shape index (κ2) is 11.9. The molecule has 39 heavy (non-hydrogen) atoms. The van der Waals surface area contributed by atoms with Gasteiger partial charge < -0.3 is 30.7 Å². The summed E-state index contributed by atoms with van der Waals surface area (Å²) in [5.41, 5.74) is 7.95. The zero-order valence-corrected chi connectivity index (χ0v) is 24.1. The zero-order valence-electron chi connectivity index (χ0n) is 21.9. The molecule has 0 bridgehead atoms. The Morgan fingerprint density at radius 1 is 1.05 bits per heavy atom. The van der Waals surface area contributed by atoms with Crippen molar-refractivity contribution in [2.45, 2.75) is 25.9 Å². The van der Waals surface area contributed by atoms with E-state index in [0.717, 1.165) is 18.8 Å². The van der Waals surface area contributed by atoms with Gasteiger partial charge in [0.15, 0.2) is 0 Å². The maximum absolute atomic E-state index is 12.9. The number of nitrogen functional groups attached to an aromatic ring is 1. The van der Waals surface area contributed by atoms with Gasteiger partial charge in [-0.25, -0.2) is 4.98 Å². The third kappa shape index (κ3) is 6.01. The number of carbonyl (C=O) groups excluding carboxylic acids is 1. The number of piperazine rings is 1. The number of aromatic nitrogens is 1. The van der Waals surface area contributed by atoms with E-state index in [-0.39, 0.29) is 27.1 Å². The van der Waals surface area contributed by atoms with Crippen molar-refractivity contribution in [3.63, 3.8) is 0 Å². The lowest BCUT2D eigenvalue weighted by Gasteiger charge is -2.37. The Hall–Kier alpha value is -3.24. The number of pyridine rings is 1. The number of hydrogen-bond acceptors (Lipinski definition) is 8. The van der Waals surface area contributed by atoms with Crippen LogP contribution in [0.5, 0.6) is 11.5 Å². The van der Waals surface area contributed by atoms with Crippen LogP contribution in [0.15, 0.2) is 36.4 Å². The number of rotatable bonds is 7. The van der Waals surface area contributed by atoms with Crippen LogP contribution in [-0.4, -0.2) is 56.0 Å². The van der Waals surface area contributed by atoms with Gasteiger partial charge in [0.05, 0.1) is 40.7 Å². The number of nitrogens with two attached hydrogens (primary N) is 1. The Morgan fingerprint density at radius 2 is 1.67 bits per heavy atom. The fourth-order valence-electron chi connectivity index (χ4n) is 4.58. The van der Waals surface area contributed by atoms with Crippen molar-refractivity contribution in [1.29, 1.82) is 5.41 Å². The topological polar surface area (TPSA) is 126 Å². The summed E-state index contributed by atoms with van der Waals surface area (Å²) < 4.78 is 10.6. The van der Waals surface area contributed by atoms with Crippen molar-refractivity contribution < 1.29 is 14.3 Å². The van der Waals surface area contributed by atoms with Crippen molar-refractivity contribution in [2.75, 3.05) is 43.3 Å². The van der Waals surface area contributed by atoms with Gasteiger partial charge in [0.2, 0.25) is 0 Å². The van der Waals surface area contributed by atoms with E-state index in [4.69, 9.17) is 55.4 Å². The summed E-state index contributed by atoms with van der Waals surface area (Å²) >= 11 is 19.5. The Kier molecular flexibility index (Phi) is 8.76. The summed E-state index contributed by atoms with van der Waals surface area (Å²) in [6.07, 6.45) is 0. The highest BCUT2D eigenvalue weighted by atomic mass is 35.5. The largest absolute Gasteiger partial charge is 0.495 e. The van der Waals surface area contributed by atoms with E-state index in [1.54, 1.807) is 18.2 Å². The highest BCUT2D eigenvalue weighted by Gasteiger charge is 2.24. The van der Waals surface area contributed by atoms with Gasteiger partial charge in [-0.3, -0.25) is 10.2 Å². The minimum atomic E-state index is -0.686. The zero-order chi connectivity index (χ0) is 28.4. The second-order valence-corrected chi connectivity index (χ2v) is 10.4. The maximum Gasteiger partial charge on any atom is 0.274 e. The van der Waals surface area contributed by atoms with E-state index in [1.807, 2.05) is 12.1 Å². The first-order chi connectivity index (χ1) is 18.5. The molecule has 9 nitrogen and oxygen atoms in total. The molecule has 0 spiro atoms. The fraction of sp³-hybridized carbons (Fsp3) is 0.296. The first-order valence-corrected chi connectivity index (χ1v) is 13.2. The van der Waals surface area contributed by atoms with Crippen molar-refractivity contribution in [2.24, 2.45) is 0 Å². The number of anilines is 3. The fourth-order valence-corrected chi connectivity index (χ4v) is 5.50. The molecule has 0 radical (unpaired) electrons. The minimum Gasteiger partial charge on any atom is -0.495 e. The average molecular weight is 592 g/mol. The molecule has 4 rings (SSSR count). The molecule has 2 atom stereocenters. The standard InChI is InChI=1S/C27H29Cl3N6O3/c1-13-11-36(12-14(2)33-13)15-5-7-18(17(28)9-15)35-27(37)25(31)16-6-8-19(34-26(16)32)22-23(29)20(38-3)10-21(39-4)24(22)30/h5-10,13-14,31,33H,11-12H2,1-4H3,(H2,32,34)(H,35,37).